The molecule has 0 unspecified atom stereocenters. The predicted octanol–water partition coefficient (Wildman–Crippen LogP) is -0.752. The molecule has 0 aromatic heterocycles. The number of rotatable bonds is 1. The summed E-state index contributed by atoms with van der Waals surface area (Å²) < 4.78 is 9.83. The maximum absolute atomic E-state index is 11.4. The van der Waals surface area contributed by atoms with Gasteiger partial charge in [0.15, 0.2) is 5.76 Å². The number of aliphatic hydroxyl groups is 1. The van der Waals surface area contributed by atoms with Crippen molar-refractivity contribution in [3.8, 4) is 0 Å². The van der Waals surface area contributed by atoms with Crippen molar-refractivity contribution in [3.63, 3.8) is 0 Å². The van der Waals surface area contributed by atoms with Gasteiger partial charge in [-0.15, -0.1) is 0 Å². The van der Waals surface area contributed by atoms with Gasteiger partial charge in [0.05, 0.1) is 19.3 Å². The summed E-state index contributed by atoms with van der Waals surface area (Å²) in [5, 5.41) is 12.4. The van der Waals surface area contributed by atoms with Crippen molar-refractivity contribution in [2.45, 2.75) is 24.7 Å². The van der Waals surface area contributed by atoms with Gasteiger partial charge >= 0.3 is 5.97 Å². The Balaban J connectivity index is 2.24. The number of morpholine rings is 1. The van der Waals surface area contributed by atoms with E-state index >= 15 is 0 Å². The number of carbonyl (C=O) groups is 2. The lowest BCUT2D eigenvalue weighted by atomic mass is 9.89. The molecule has 1 saturated heterocycles. The number of nitrogens with one attached hydrogen (secondary N) is 1. The fourth-order valence-corrected chi connectivity index (χ4v) is 1.96. The lowest BCUT2D eigenvalue weighted by molar-refractivity contribution is -0.137. The first-order chi connectivity index (χ1) is 8.02. The second-order valence-electron chi connectivity index (χ2n) is 3.96. The van der Waals surface area contributed by atoms with E-state index in [1.54, 1.807) is 6.08 Å². The fraction of sp³-hybridized carbons (Fsp3) is 0.455. The fourth-order valence-electron chi connectivity index (χ4n) is 1.96. The molecule has 1 aliphatic heterocycles. The zero-order valence-corrected chi connectivity index (χ0v) is 9.30. The van der Waals surface area contributed by atoms with Crippen LogP contribution in [-0.4, -0.2) is 42.3 Å². The largest absolute Gasteiger partial charge is 0.479 e. The summed E-state index contributed by atoms with van der Waals surface area (Å²) in [7, 11) is 1.27. The molecule has 1 fully saturated rings. The van der Waals surface area contributed by atoms with Crippen LogP contribution >= 0.6 is 0 Å². The van der Waals surface area contributed by atoms with Gasteiger partial charge in [-0.2, -0.15) is 0 Å². The number of hydrogen-bond acceptors (Lipinski definition) is 5. The predicted molar refractivity (Wildman–Crippen MR) is 56.7 cm³/mol. The summed E-state index contributed by atoms with van der Waals surface area (Å²) >= 11 is 0. The van der Waals surface area contributed by atoms with Gasteiger partial charge in [-0.1, -0.05) is 6.58 Å². The van der Waals surface area contributed by atoms with Crippen LogP contribution in [0.3, 0.4) is 0 Å². The van der Waals surface area contributed by atoms with Crippen LogP contribution in [0.4, 0.5) is 0 Å². The van der Waals surface area contributed by atoms with Crippen LogP contribution < -0.4 is 5.32 Å². The Morgan fingerprint density at radius 3 is 3.06 bits per heavy atom. The Hall–Kier alpha value is -1.82. The molecule has 3 atom stereocenters. The third kappa shape index (κ3) is 2.03. The third-order valence-electron chi connectivity index (χ3n) is 2.84. The van der Waals surface area contributed by atoms with E-state index in [1.165, 1.54) is 7.11 Å². The van der Waals surface area contributed by atoms with Crippen LogP contribution in [-0.2, 0) is 19.1 Å². The van der Waals surface area contributed by atoms with Gasteiger partial charge in [0.1, 0.15) is 6.10 Å². The highest BCUT2D eigenvalue weighted by Crippen LogP contribution is 2.26. The molecule has 2 N–H and O–H groups in total. The molecule has 6 heteroatoms. The van der Waals surface area contributed by atoms with E-state index in [9.17, 15) is 14.7 Å². The summed E-state index contributed by atoms with van der Waals surface area (Å²) in [6.45, 7) is 3.44. The first-order valence-corrected chi connectivity index (χ1v) is 5.16. The first-order valence-electron chi connectivity index (χ1n) is 5.16. The first kappa shape index (κ1) is 11.7. The average molecular weight is 239 g/mol. The molecule has 1 aliphatic carbocycles. The lowest BCUT2D eigenvalue weighted by Crippen LogP contribution is -2.57. The standard InChI is InChI=1S/C11H13NO5/c1-5-10(14)12-9-7(13)3-6(11(15)16-2)4-8(9)17-5/h4,7-9,13H,1,3H2,2H3,(H,12,14)/t7-,8+,9+/m1/s1. The van der Waals surface area contributed by atoms with E-state index in [2.05, 4.69) is 16.6 Å². The minimum atomic E-state index is -0.879. The van der Waals surface area contributed by atoms with Gasteiger partial charge in [-0.05, 0) is 6.08 Å². The molecule has 0 aromatic rings. The molecule has 1 heterocycles. The molecule has 1 amide bonds. The number of hydrogen-bond donors (Lipinski definition) is 2. The van der Waals surface area contributed by atoms with Crippen molar-refractivity contribution in [2.24, 2.45) is 0 Å². The van der Waals surface area contributed by atoms with Crippen molar-refractivity contribution < 1.29 is 24.2 Å². The van der Waals surface area contributed by atoms with Crippen LogP contribution in [0.5, 0.6) is 0 Å². The van der Waals surface area contributed by atoms with E-state index in [1.807, 2.05) is 0 Å². The van der Waals surface area contributed by atoms with Gasteiger partial charge in [-0.25, -0.2) is 4.79 Å². The monoisotopic (exact) mass is 239 g/mol. The molecule has 17 heavy (non-hydrogen) atoms. The number of amides is 1. The Labute approximate surface area is 97.9 Å². The molecule has 0 saturated carbocycles. The second kappa shape index (κ2) is 4.21. The topological polar surface area (TPSA) is 84.9 Å². The SMILES string of the molecule is C=C1O[C@H]2C=C(C(=O)OC)C[C@@H](O)[C@@H]2NC1=O. The Kier molecular flexibility index (Phi) is 2.89. The zero-order chi connectivity index (χ0) is 12.6. The molecular weight excluding hydrogens is 226 g/mol. The van der Waals surface area contributed by atoms with Gasteiger partial charge in [0, 0.05) is 12.0 Å². The molecule has 0 bridgehead atoms. The smallest absolute Gasteiger partial charge is 0.333 e. The Bertz CT molecular complexity index is 414. The van der Waals surface area contributed by atoms with E-state index < -0.39 is 30.1 Å². The van der Waals surface area contributed by atoms with Gasteiger partial charge in [0.25, 0.3) is 5.91 Å². The van der Waals surface area contributed by atoms with E-state index in [-0.39, 0.29) is 12.2 Å². The van der Waals surface area contributed by atoms with Gasteiger partial charge < -0.3 is 19.9 Å². The van der Waals surface area contributed by atoms with E-state index in [0.29, 0.717) is 5.57 Å². The van der Waals surface area contributed by atoms with Crippen LogP contribution in [0, 0.1) is 0 Å². The highest BCUT2D eigenvalue weighted by molar-refractivity contribution is 5.93. The van der Waals surface area contributed by atoms with Crippen LogP contribution in [0.25, 0.3) is 0 Å². The number of carbonyl (C=O) groups excluding carboxylic acids is 2. The Morgan fingerprint density at radius 1 is 1.71 bits per heavy atom. The van der Waals surface area contributed by atoms with Gasteiger partial charge in [-0.3, -0.25) is 4.79 Å². The van der Waals surface area contributed by atoms with Crippen LogP contribution in [0.1, 0.15) is 6.42 Å². The summed E-state index contributed by atoms with van der Waals surface area (Å²) in [5.41, 5.74) is 0.338. The third-order valence-corrected chi connectivity index (χ3v) is 2.84. The number of esters is 1. The van der Waals surface area contributed by atoms with E-state index in [0.717, 1.165) is 0 Å². The molecule has 0 aromatic carbocycles. The summed E-state index contributed by atoms with van der Waals surface area (Å²) in [6, 6.07) is -0.554. The highest BCUT2D eigenvalue weighted by Gasteiger charge is 2.40. The maximum Gasteiger partial charge on any atom is 0.333 e. The van der Waals surface area contributed by atoms with Crippen LogP contribution in [0.15, 0.2) is 24.0 Å². The van der Waals surface area contributed by atoms with Crippen molar-refractivity contribution in [3.05, 3.63) is 24.0 Å². The normalized spacial score (nSPS) is 31.9. The number of methoxy groups -OCH3 is 1. The van der Waals surface area contributed by atoms with Crippen LogP contribution in [0.2, 0.25) is 0 Å². The number of aliphatic hydroxyl groups excluding tert-OH is 1. The number of fused-ring (bicyclic) bond motifs is 1. The minimum absolute atomic E-state index is 0.0270. The zero-order valence-electron chi connectivity index (χ0n) is 9.30. The van der Waals surface area contributed by atoms with E-state index in [4.69, 9.17) is 4.74 Å². The molecule has 0 radical (unpaired) electrons. The van der Waals surface area contributed by atoms with Crippen molar-refractivity contribution in [1.29, 1.82) is 0 Å². The number of ether oxygens (including phenoxy) is 2. The molecule has 2 rings (SSSR count). The van der Waals surface area contributed by atoms with Crippen molar-refractivity contribution in [2.75, 3.05) is 7.11 Å². The summed E-state index contributed by atoms with van der Waals surface area (Å²) in [4.78, 5) is 22.7. The van der Waals surface area contributed by atoms with Crippen molar-refractivity contribution >= 4 is 11.9 Å². The van der Waals surface area contributed by atoms with Crippen molar-refractivity contribution in [1.82, 2.24) is 5.32 Å². The molecular formula is C11H13NO5. The molecule has 92 valence electrons. The summed E-state index contributed by atoms with van der Waals surface area (Å²) in [6.07, 6.45) is 0.215. The maximum atomic E-state index is 11.4. The minimum Gasteiger partial charge on any atom is -0.479 e. The summed E-state index contributed by atoms with van der Waals surface area (Å²) in [5.74, 6) is -0.977. The molecule has 0 spiro atoms. The van der Waals surface area contributed by atoms with Gasteiger partial charge in [0.2, 0.25) is 0 Å². The quantitative estimate of drug-likeness (QED) is 0.464. The average Bonchev–Trinajstić information content (AvgIpc) is 2.30. The lowest BCUT2D eigenvalue weighted by Gasteiger charge is -2.38. The molecule has 6 nitrogen and oxygen atoms in total. The Morgan fingerprint density at radius 2 is 2.41 bits per heavy atom. The molecule has 2 aliphatic rings. The second-order valence-corrected chi connectivity index (χ2v) is 3.96. The highest BCUT2D eigenvalue weighted by atomic mass is 16.5.